The van der Waals surface area contributed by atoms with Crippen LogP contribution in [0, 0.1) is 0 Å². The van der Waals surface area contributed by atoms with Gasteiger partial charge in [-0.05, 0) is 47.6 Å². The summed E-state index contributed by atoms with van der Waals surface area (Å²) < 4.78 is 0. The van der Waals surface area contributed by atoms with E-state index in [1.54, 1.807) is 26.4 Å². The minimum absolute atomic E-state index is 0.0122. The van der Waals surface area contributed by atoms with E-state index in [1.165, 1.54) is 4.90 Å². The summed E-state index contributed by atoms with van der Waals surface area (Å²) in [5.74, 6) is -0.707. The Morgan fingerprint density at radius 1 is 1.10 bits per heavy atom. The molecule has 0 bridgehead atoms. The molecule has 0 saturated carbocycles. The number of hydrogen-bond acceptors (Lipinski definition) is 4. The van der Waals surface area contributed by atoms with E-state index in [2.05, 4.69) is 31.1 Å². The molecule has 7 nitrogen and oxygen atoms in total. The largest absolute Gasteiger partial charge is 0.344 e. The van der Waals surface area contributed by atoms with Gasteiger partial charge in [-0.15, -0.1) is 0 Å². The third kappa shape index (κ3) is 4.76. The smallest absolute Gasteiger partial charge is 0.325 e. The Labute approximate surface area is 183 Å². The highest BCUT2D eigenvalue weighted by Crippen LogP contribution is 2.31. The number of nitrogens with one attached hydrogen (secondary N) is 1. The van der Waals surface area contributed by atoms with E-state index in [9.17, 15) is 14.4 Å². The average molecular weight is 423 g/mol. The van der Waals surface area contributed by atoms with E-state index in [1.807, 2.05) is 36.4 Å². The van der Waals surface area contributed by atoms with Gasteiger partial charge in [0.05, 0.1) is 0 Å². The van der Waals surface area contributed by atoms with Crippen molar-refractivity contribution in [1.82, 2.24) is 20.1 Å². The number of urea groups is 1. The fraction of sp³-hybridized carbons (Fsp3) is 0.417. The van der Waals surface area contributed by atoms with Gasteiger partial charge in [0.2, 0.25) is 5.91 Å². The van der Waals surface area contributed by atoms with Crippen LogP contribution in [-0.4, -0.2) is 52.8 Å². The standard InChI is InChI=1S/C24H30N4O3/c1-23(2,3)18-6-8-19(9-7-18)24(4)21(30)28(22(31)26-24)16-20(29)27(5)15-12-17-10-13-25-14-11-17/h6-11,13-14H,12,15-16H2,1-5H3,(H,26,31). The first kappa shape index (κ1) is 22.5. The van der Waals surface area contributed by atoms with Crippen LogP contribution in [0.25, 0.3) is 0 Å². The van der Waals surface area contributed by atoms with Gasteiger partial charge in [-0.1, -0.05) is 45.0 Å². The second-order valence-electron chi connectivity index (χ2n) is 9.19. The molecular formula is C24H30N4O3. The SMILES string of the molecule is CN(CCc1ccncc1)C(=O)CN1C(=O)NC(C)(c2ccc(C(C)(C)C)cc2)C1=O. The molecule has 2 aromatic rings. The summed E-state index contributed by atoms with van der Waals surface area (Å²) in [6, 6.07) is 10.9. The number of benzene rings is 1. The van der Waals surface area contributed by atoms with E-state index in [4.69, 9.17) is 0 Å². The van der Waals surface area contributed by atoms with Crippen LogP contribution in [0.1, 0.15) is 44.4 Å². The Balaban J connectivity index is 1.67. The number of hydrogen-bond donors (Lipinski definition) is 1. The third-order valence-corrected chi connectivity index (χ3v) is 5.81. The zero-order chi connectivity index (χ0) is 22.8. The maximum atomic E-state index is 13.1. The zero-order valence-corrected chi connectivity index (χ0v) is 18.8. The number of carbonyl (C=O) groups excluding carboxylic acids is 3. The molecule has 4 amide bonds. The van der Waals surface area contributed by atoms with Crippen molar-refractivity contribution in [2.24, 2.45) is 0 Å². The Kier molecular flexibility index (Phi) is 6.15. The molecule has 7 heteroatoms. The van der Waals surface area contributed by atoms with Crippen molar-refractivity contribution in [3.8, 4) is 0 Å². The third-order valence-electron chi connectivity index (χ3n) is 5.81. The molecule has 31 heavy (non-hydrogen) atoms. The van der Waals surface area contributed by atoms with Crippen LogP contribution >= 0.6 is 0 Å². The summed E-state index contributed by atoms with van der Waals surface area (Å²) in [5, 5.41) is 2.77. The molecule has 1 aliphatic heterocycles. The average Bonchev–Trinajstić information content (AvgIpc) is 2.96. The number of imide groups is 1. The topological polar surface area (TPSA) is 82.6 Å². The first-order valence-corrected chi connectivity index (χ1v) is 10.4. The Hall–Kier alpha value is -3.22. The van der Waals surface area contributed by atoms with Gasteiger partial charge in [-0.2, -0.15) is 0 Å². The van der Waals surface area contributed by atoms with Gasteiger partial charge in [-0.3, -0.25) is 19.5 Å². The van der Waals surface area contributed by atoms with E-state index in [0.717, 1.165) is 16.0 Å². The number of carbonyl (C=O) groups is 3. The molecule has 164 valence electrons. The van der Waals surface area contributed by atoms with E-state index in [0.29, 0.717) is 18.5 Å². The lowest BCUT2D eigenvalue weighted by molar-refractivity contribution is -0.138. The molecule has 3 rings (SSSR count). The summed E-state index contributed by atoms with van der Waals surface area (Å²) >= 11 is 0. The molecule has 1 aliphatic rings. The molecule has 0 spiro atoms. The van der Waals surface area contributed by atoms with Gasteiger partial charge in [0.25, 0.3) is 5.91 Å². The van der Waals surface area contributed by atoms with Crippen LogP contribution in [0.2, 0.25) is 0 Å². The lowest BCUT2D eigenvalue weighted by Gasteiger charge is -2.25. The molecule has 1 saturated heterocycles. The van der Waals surface area contributed by atoms with Crippen LogP contribution in [-0.2, 0) is 27.0 Å². The lowest BCUT2D eigenvalue weighted by Crippen LogP contribution is -2.44. The molecule has 1 fully saturated rings. The minimum Gasteiger partial charge on any atom is -0.344 e. The van der Waals surface area contributed by atoms with Crippen molar-refractivity contribution in [1.29, 1.82) is 0 Å². The maximum absolute atomic E-state index is 13.1. The number of aromatic nitrogens is 1. The highest BCUT2D eigenvalue weighted by atomic mass is 16.2. The Bertz CT molecular complexity index is 967. The van der Waals surface area contributed by atoms with Crippen LogP contribution in [0.4, 0.5) is 4.79 Å². The first-order valence-electron chi connectivity index (χ1n) is 10.4. The summed E-state index contributed by atoms with van der Waals surface area (Å²) in [5.41, 5.74) is 1.70. The number of rotatable bonds is 6. The van der Waals surface area contributed by atoms with E-state index >= 15 is 0 Å². The maximum Gasteiger partial charge on any atom is 0.325 e. The molecule has 1 aromatic heterocycles. The van der Waals surface area contributed by atoms with Crippen molar-refractivity contribution in [2.75, 3.05) is 20.1 Å². The molecule has 0 radical (unpaired) electrons. The fourth-order valence-corrected chi connectivity index (χ4v) is 3.57. The second kappa shape index (κ2) is 8.49. The molecule has 2 heterocycles. The van der Waals surface area contributed by atoms with Crippen LogP contribution < -0.4 is 5.32 Å². The first-order chi connectivity index (χ1) is 14.5. The van der Waals surface area contributed by atoms with Gasteiger partial charge in [0.15, 0.2) is 0 Å². The zero-order valence-electron chi connectivity index (χ0n) is 18.8. The number of nitrogens with zero attached hydrogens (tertiary/aromatic N) is 3. The molecule has 1 N–H and O–H groups in total. The Morgan fingerprint density at radius 3 is 2.29 bits per heavy atom. The summed E-state index contributed by atoms with van der Waals surface area (Å²) in [6.45, 7) is 8.22. The molecule has 1 aromatic carbocycles. The van der Waals surface area contributed by atoms with Crippen molar-refractivity contribution >= 4 is 17.8 Å². The van der Waals surface area contributed by atoms with Gasteiger partial charge in [0.1, 0.15) is 12.1 Å². The normalized spacial score (nSPS) is 18.8. The van der Waals surface area contributed by atoms with Crippen molar-refractivity contribution in [3.63, 3.8) is 0 Å². The molecule has 0 aliphatic carbocycles. The molecule has 1 unspecified atom stereocenters. The van der Waals surface area contributed by atoms with Gasteiger partial charge < -0.3 is 10.2 Å². The van der Waals surface area contributed by atoms with Gasteiger partial charge in [-0.25, -0.2) is 4.79 Å². The quantitative estimate of drug-likeness (QED) is 0.726. The number of amides is 4. The minimum atomic E-state index is -1.19. The summed E-state index contributed by atoms with van der Waals surface area (Å²) in [6.07, 6.45) is 4.08. The van der Waals surface area contributed by atoms with E-state index in [-0.39, 0.29) is 17.9 Å². The van der Waals surface area contributed by atoms with Crippen LogP contribution in [0.3, 0.4) is 0 Å². The van der Waals surface area contributed by atoms with Gasteiger partial charge in [0, 0.05) is 26.0 Å². The highest BCUT2D eigenvalue weighted by Gasteiger charge is 2.49. The number of likely N-dealkylation sites (N-methyl/N-ethyl adjacent to an activating group) is 1. The molecular weight excluding hydrogens is 392 g/mol. The van der Waals surface area contributed by atoms with Crippen molar-refractivity contribution in [3.05, 3.63) is 65.5 Å². The monoisotopic (exact) mass is 422 g/mol. The molecule has 1 atom stereocenters. The summed E-state index contributed by atoms with van der Waals surface area (Å²) in [7, 11) is 1.67. The van der Waals surface area contributed by atoms with Crippen LogP contribution in [0.15, 0.2) is 48.8 Å². The van der Waals surface area contributed by atoms with Crippen molar-refractivity contribution < 1.29 is 14.4 Å². The van der Waals surface area contributed by atoms with Crippen LogP contribution in [0.5, 0.6) is 0 Å². The fourth-order valence-electron chi connectivity index (χ4n) is 3.57. The second-order valence-corrected chi connectivity index (χ2v) is 9.19. The summed E-state index contributed by atoms with van der Waals surface area (Å²) in [4.78, 5) is 44.8. The van der Waals surface area contributed by atoms with E-state index < -0.39 is 17.5 Å². The number of pyridine rings is 1. The lowest BCUT2D eigenvalue weighted by atomic mass is 9.84. The Morgan fingerprint density at radius 2 is 1.71 bits per heavy atom. The van der Waals surface area contributed by atoms with Gasteiger partial charge >= 0.3 is 6.03 Å². The predicted octanol–water partition coefficient (Wildman–Crippen LogP) is 2.85. The van der Waals surface area contributed by atoms with Crippen molar-refractivity contribution in [2.45, 2.75) is 45.1 Å². The highest BCUT2D eigenvalue weighted by molar-refractivity contribution is 6.09. The predicted molar refractivity (Wildman–Crippen MR) is 118 cm³/mol.